The molecule has 2 aromatic carbocycles. The van der Waals surface area contributed by atoms with Gasteiger partial charge in [-0.25, -0.2) is 17.7 Å². The third-order valence-electron chi connectivity index (χ3n) is 4.83. The predicted octanol–water partition coefficient (Wildman–Crippen LogP) is 2.97. The number of fused-ring (bicyclic) bond motifs is 1. The molecule has 0 saturated heterocycles. The summed E-state index contributed by atoms with van der Waals surface area (Å²) in [6.07, 6.45) is 0. The summed E-state index contributed by atoms with van der Waals surface area (Å²) in [7, 11) is 0.445. The molecule has 0 fully saturated rings. The van der Waals surface area contributed by atoms with E-state index < -0.39 is 10.0 Å². The standard InChI is InChI=1S/C22H26N4O5S2/c1-14(2)26-21(28)16-8-6-7-9-17(16)24-22(26)32-13-20(27)23-15-10-11-18(31-5)19(12-15)33(29,30)25(3)4/h6-12,14H,13H2,1-5H3,(H,23,27). The van der Waals surface area contributed by atoms with Crippen LogP contribution >= 0.6 is 11.8 Å². The lowest BCUT2D eigenvalue weighted by Crippen LogP contribution is -2.25. The number of thioether (sulfide) groups is 1. The maximum absolute atomic E-state index is 12.9. The second-order valence-electron chi connectivity index (χ2n) is 7.67. The average Bonchev–Trinajstić information content (AvgIpc) is 2.77. The van der Waals surface area contributed by atoms with E-state index in [1.165, 1.54) is 33.3 Å². The molecule has 0 saturated carbocycles. The molecule has 0 spiro atoms. The van der Waals surface area contributed by atoms with Crippen molar-refractivity contribution >= 4 is 44.3 Å². The number of nitrogens with zero attached hydrogens (tertiary/aromatic N) is 3. The van der Waals surface area contributed by atoms with Crippen molar-refractivity contribution in [2.24, 2.45) is 0 Å². The van der Waals surface area contributed by atoms with Gasteiger partial charge in [-0.15, -0.1) is 0 Å². The van der Waals surface area contributed by atoms with E-state index in [0.29, 0.717) is 21.7 Å². The summed E-state index contributed by atoms with van der Waals surface area (Å²) in [5.74, 6) is -0.201. The molecule has 0 unspecified atom stereocenters. The Bertz CT molecular complexity index is 1350. The van der Waals surface area contributed by atoms with Crippen molar-refractivity contribution in [2.45, 2.75) is 29.9 Å². The first-order valence-electron chi connectivity index (χ1n) is 10.1. The summed E-state index contributed by atoms with van der Waals surface area (Å²) in [6, 6.07) is 11.3. The third kappa shape index (κ3) is 5.21. The molecule has 0 aliphatic carbocycles. The second kappa shape index (κ2) is 9.94. The van der Waals surface area contributed by atoms with E-state index in [4.69, 9.17) is 4.74 Å². The molecule has 1 aromatic heterocycles. The Balaban J connectivity index is 1.84. The number of hydrogen-bond donors (Lipinski definition) is 1. The van der Waals surface area contributed by atoms with E-state index in [0.717, 1.165) is 16.1 Å². The number of rotatable bonds is 8. The monoisotopic (exact) mass is 490 g/mol. The largest absolute Gasteiger partial charge is 0.495 e. The van der Waals surface area contributed by atoms with Gasteiger partial charge in [0.25, 0.3) is 5.56 Å². The van der Waals surface area contributed by atoms with Crippen molar-refractivity contribution < 1.29 is 17.9 Å². The van der Waals surface area contributed by atoms with Crippen LogP contribution in [0.1, 0.15) is 19.9 Å². The van der Waals surface area contributed by atoms with E-state index >= 15 is 0 Å². The maximum Gasteiger partial charge on any atom is 0.262 e. The second-order valence-corrected chi connectivity index (χ2v) is 10.7. The van der Waals surface area contributed by atoms with Crippen LogP contribution in [0.3, 0.4) is 0 Å². The van der Waals surface area contributed by atoms with Crippen LogP contribution in [0.15, 0.2) is 57.3 Å². The quantitative estimate of drug-likeness (QED) is 0.382. The van der Waals surface area contributed by atoms with Crippen molar-refractivity contribution in [1.82, 2.24) is 13.9 Å². The van der Waals surface area contributed by atoms with Crippen LogP contribution in [0.4, 0.5) is 5.69 Å². The molecule has 11 heteroatoms. The predicted molar refractivity (Wildman–Crippen MR) is 130 cm³/mol. The fraction of sp³-hybridized carbons (Fsp3) is 0.318. The van der Waals surface area contributed by atoms with Crippen molar-refractivity contribution in [3.8, 4) is 5.75 Å². The number of carbonyl (C=O) groups excluding carboxylic acids is 1. The zero-order valence-corrected chi connectivity index (χ0v) is 20.7. The number of anilines is 1. The summed E-state index contributed by atoms with van der Waals surface area (Å²) in [4.78, 5) is 30.1. The lowest BCUT2D eigenvalue weighted by molar-refractivity contribution is -0.113. The zero-order valence-electron chi connectivity index (χ0n) is 19.0. The Kier molecular flexibility index (Phi) is 7.45. The van der Waals surface area contributed by atoms with Gasteiger partial charge in [0.1, 0.15) is 10.6 Å². The number of ether oxygens (including phenoxy) is 1. The normalized spacial score (nSPS) is 11.8. The molecular formula is C22H26N4O5S2. The summed E-state index contributed by atoms with van der Waals surface area (Å²) < 4.78 is 33.0. The number of sulfonamides is 1. The van der Waals surface area contributed by atoms with Gasteiger partial charge in [0.2, 0.25) is 15.9 Å². The lowest BCUT2D eigenvalue weighted by atomic mass is 10.2. The number of hydrogen-bond acceptors (Lipinski definition) is 7. The lowest BCUT2D eigenvalue weighted by Gasteiger charge is -2.17. The van der Waals surface area contributed by atoms with Gasteiger partial charge in [-0.3, -0.25) is 14.2 Å². The highest BCUT2D eigenvalue weighted by Crippen LogP contribution is 2.29. The van der Waals surface area contributed by atoms with Gasteiger partial charge in [0.05, 0.1) is 23.8 Å². The smallest absolute Gasteiger partial charge is 0.262 e. The van der Waals surface area contributed by atoms with Crippen LogP contribution < -0.4 is 15.6 Å². The van der Waals surface area contributed by atoms with Gasteiger partial charge in [-0.05, 0) is 44.2 Å². The van der Waals surface area contributed by atoms with Crippen LogP contribution in [0.25, 0.3) is 10.9 Å². The van der Waals surface area contributed by atoms with Gasteiger partial charge in [0, 0.05) is 25.8 Å². The van der Waals surface area contributed by atoms with E-state index in [-0.39, 0.29) is 33.9 Å². The van der Waals surface area contributed by atoms with Gasteiger partial charge in [-0.2, -0.15) is 0 Å². The van der Waals surface area contributed by atoms with Crippen LogP contribution in [0.5, 0.6) is 5.75 Å². The number of nitrogens with one attached hydrogen (secondary N) is 1. The molecule has 3 rings (SSSR count). The molecule has 0 aliphatic rings. The molecular weight excluding hydrogens is 464 g/mol. The van der Waals surface area contributed by atoms with Crippen LogP contribution in [-0.2, 0) is 14.8 Å². The van der Waals surface area contributed by atoms with Crippen molar-refractivity contribution in [3.05, 3.63) is 52.8 Å². The maximum atomic E-state index is 12.9. The van der Waals surface area contributed by atoms with Crippen molar-refractivity contribution in [3.63, 3.8) is 0 Å². The first kappa shape index (κ1) is 24.7. The number of amides is 1. The average molecular weight is 491 g/mol. The van der Waals surface area contributed by atoms with Crippen molar-refractivity contribution in [2.75, 3.05) is 32.3 Å². The molecule has 1 heterocycles. The molecule has 0 atom stereocenters. The minimum absolute atomic E-state index is 0.0146. The topological polar surface area (TPSA) is 111 Å². The van der Waals surface area contributed by atoms with E-state index in [1.54, 1.807) is 34.9 Å². The highest BCUT2D eigenvalue weighted by atomic mass is 32.2. The van der Waals surface area contributed by atoms with Crippen LogP contribution in [0, 0.1) is 0 Å². The van der Waals surface area contributed by atoms with Crippen LogP contribution in [0.2, 0.25) is 0 Å². The molecule has 9 nitrogen and oxygen atoms in total. The number of para-hydroxylation sites is 1. The summed E-state index contributed by atoms with van der Waals surface area (Å²) in [5, 5.41) is 3.66. The van der Waals surface area contributed by atoms with Gasteiger partial charge in [0.15, 0.2) is 5.16 Å². The fourth-order valence-electron chi connectivity index (χ4n) is 3.16. The Hall–Kier alpha value is -2.89. The molecule has 176 valence electrons. The SMILES string of the molecule is COc1ccc(NC(=O)CSc2nc3ccccc3c(=O)n2C(C)C)cc1S(=O)(=O)N(C)C. The minimum atomic E-state index is -3.77. The summed E-state index contributed by atoms with van der Waals surface area (Å²) >= 11 is 1.14. The molecule has 0 bridgehead atoms. The summed E-state index contributed by atoms with van der Waals surface area (Å²) in [6.45, 7) is 3.76. The van der Waals surface area contributed by atoms with E-state index in [2.05, 4.69) is 10.3 Å². The number of methoxy groups -OCH3 is 1. The Morgan fingerprint density at radius 3 is 2.55 bits per heavy atom. The van der Waals surface area contributed by atoms with Gasteiger partial charge in [-0.1, -0.05) is 23.9 Å². The Labute approximate surface area is 196 Å². The van der Waals surface area contributed by atoms with Crippen molar-refractivity contribution in [1.29, 1.82) is 0 Å². The minimum Gasteiger partial charge on any atom is -0.495 e. The molecule has 0 aliphatic heterocycles. The highest BCUT2D eigenvalue weighted by Gasteiger charge is 2.23. The van der Waals surface area contributed by atoms with Crippen LogP contribution in [-0.4, -0.2) is 55.1 Å². The Morgan fingerprint density at radius 2 is 1.91 bits per heavy atom. The highest BCUT2D eigenvalue weighted by molar-refractivity contribution is 7.99. The number of aromatic nitrogens is 2. The molecule has 33 heavy (non-hydrogen) atoms. The molecule has 0 radical (unpaired) electrons. The first-order chi connectivity index (χ1) is 15.6. The van der Waals surface area contributed by atoms with Gasteiger partial charge < -0.3 is 10.1 Å². The third-order valence-corrected chi connectivity index (χ3v) is 7.62. The number of carbonyl (C=O) groups is 1. The van der Waals surface area contributed by atoms with Gasteiger partial charge >= 0.3 is 0 Å². The molecule has 1 N–H and O–H groups in total. The van der Waals surface area contributed by atoms with E-state index in [1.807, 2.05) is 13.8 Å². The summed E-state index contributed by atoms with van der Waals surface area (Å²) in [5.41, 5.74) is 0.720. The fourth-order valence-corrected chi connectivity index (χ4v) is 5.17. The molecule has 3 aromatic rings. The first-order valence-corrected chi connectivity index (χ1v) is 12.5. The molecule has 1 amide bonds. The Morgan fingerprint density at radius 1 is 1.21 bits per heavy atom. The van der Waals surface area contributed by atoms with E-state index in [9.17, 15) is 18.0 Å². The number of benzene rings is 2. The zero-order chi connectivity index (χ0) is 24.3.